The molecule has 0 aliphatic heterocycles. The summed E-state index contributed by atoms with van der Waals surface area (Å²) < 4.78 is 23.4. The summed E-state index contributed by atoms with van der Waals surface area (Å²) in [6, 6.07) is 1.77. The van der Waals surface area contributed by atoms with Crippen molar-refractivity contribution in [2.45, 2.75) is 18.4 Å². The molecule has 1 aromatic rings. The van der Waals surface area contributed by atoms with Gasteiger partial charge >= 0.3 is 0 Å². The summed E-state index contributed by atoms with van der Waals surface area (Å²) >= 11 is 0. The van der Waals surface area contributed by atoms with Crippen LogP contribution in [0.5, 0.6) is 0 Å². The van der Waals surface area contributed by atoms with Crippen LogP contribution in [0.25, 0.3) is 0 Å². The van der Waals surface area contributed by atoms with Gasteiger partial charge in [-0.05, 0) is 24.5 Å². The van der Waals surface area contributed by atoms with E-state index in [2.05, 4.69) is 0 Å². The van der Waals surface area contributed by atoms with E-state index >= 15 is 0 Å². The van der Waals surface area contributed by atoms with Crippen LogP contribution in [0.3, 0.4) is 0 Å². The molecule has 0 unspecified atom stereocenters. The summed E-state index contributed by atoms with van der Waals surface area (Å²) in [7, 11) is -3.15. The minimum absolute atomic E-state index is 0.254. The molecule has 13 heavy (non-hydrogen) atoms. The maximum absolute atomic E-state index is 11.1. The molecule has 1 aromatic heterocycles. The molecule has 1 heterocycles. The van der Waals surface area contributed by atoms with Crippen LogP contribution < -0.4 is 5.73 Å². The molecular formula is C8H12N2O2S. The fraction of sp³-hybridized carbons (Fsp3) is 0.500. The van der Waals surface area contributed by atoms with Crippen molar-refractivity contribution < 1.29 is 8.42 Å². The first-order chi connectivity index (χ1) is 5.92. The van der Waals surface area contributed by atoms with Crippen molar-refractivity contribution in [1.29, 1.82) is 0 Å². The molecule has 0 radical (unpaired) electrons. The summed E-state index contributed by atoms with van der Waals surface area (Å²) in [5, 5.41) is 0. The third-order valence-corrected chi connectivity index (χ3v) is 3.41. The molecule has 1 aliphatic carbocycles. The average molecular weight is 200 g/mol. The van der Waals surface area contributed by atoms with Gasteiger partial charge in [-0.3, -0.25) is 3.97 Å². The smallest absolute Gasteiger partial charge is 0.235 e. The zero-order chi connectivity index (χ0) is 9.69. The predicted octanol–water partition coefficient (Wildman–Crippen LogP) is 0.244. The van der Waals surface area contributed by atoms with Gasteiger partial charge in [0.25, 0.3) is 0 Å². The predicted molar refractivity (Wildman–Crippen MR) is 49.8 cm³/mol. The Labute approximate surface area is 77.4 Å². The van der Waals surface area contributed by atoms with Crippen LogP contribution in [0, 0.1) is 0 Å². The molecule has 1 saturated carbocycles. The Hall–Kier alpha value is -0.810. The highest BCUT2D eigenvalue weighted by Gasteiger charge is 2.40. The van der Waals surface area contributed by atoms with Crippen LogP contribution in [-0.2, 0) is 15.6 Å². The van der Waals surface area contributed by atoms with Gasteiger partial charge in [0.2, 0.25) is 10.0 Å². The molecule has 0 spiro atoms. The quantitative estimate of drug-likeness (QED) is 0.744. The lowest BCUT2D eigenvalue weighted by molar-refractivity contribution is 0.593. The minimum atomic E-state index is -3.15. The van der Waals surface area contributed by atoms with E-state index in [0.29, 0.717) is 0 Å². The lowest BCUT2D eigenvalue weighted by Gasteiger charge is -2.03. The molecule has 2 rings (SSSR count). The number of aromatic nitrogens is 1. The van der Waals surface area contributed by atoms with Crippen molar-refractivity contribution in [3.8, 4) is 0 Å². The first kappa shape index (κ1) is 8.77. The third-order valence-electron chi connectivity index (χ3n) is 2.41. The van der Waals surface area contributed by atoms with Crippen LogP contribution in [0.2, 0.25) is 0 Å². The molecule has 0 saturated heterocycles. The Bertz CT molecular complexity index is 429. The molecule has 0 atom stereocenters. The van der Waals surface area contributed by atoms with Crippen molar-refractivity contribution in [1.82, 2.24) is 3.97 Å². The number of nitrogens with two attached hydrogens (primary N) is 1. The summed E-state index contributed by atoms with van der Waals surface area (Å²) in [6.45, 7) is 0. The lowest BCUT2D eigenvalue weighted by Crippen LogP contribution is -2.18. The summed E-state index contributed by atoms with van der Waals surface area (Å²) in [6.07, 6.45) is 6.20. The molecule has 72 valence electrons. The van der Waals surface area contributed by atoms with Crippen LogP contribution in [0.15, 0.2) is 18.5 Å². The Kier molecular flexibility index (Phi) is 1.59. The van der Waals surface area contributed by atoms with E-state index in [4.69, 9.17) is 5.73 Å². The summed E-state index contributed by atoms with van der Waals surface area (Å²) in [5.74, 6) is 0. The van der Waals surface area contributed by atoms with Gasteiger partial charge in [-0.25, -0.2) is 8.42 Å². The summed E-state index contributed by atoms with van der Waals surface area (Å²) in [5.41, 5.74) is 6.58. The Balaban J connectivity index is 2.39. The van der Waals surface area contributed by atoms with E-state index in [0.717, 1.165) is 18.4 Å². The molecule has 5 heteroatoms. The highest BCUT2D eigenvalue weighted by Crippen LogP contribution is 2.42. The van der Waals surface area contributed by atoms with Gasteiger partial charge in [0, 0.05) is 17.9 Å². The number of nitrogens with zero attached hydrogens (tertiary/aromatic N) is 1. The van der Waals surface area contributed by atoms with Crippen molar-refractivity contribution in [3.63, 3.8) is 0 Å². The maximum atomic E-state index is 11.1. The third kappa shape index (κ3) is 1.49. The van der Waals surface area contributed by atoms with Crippen molar-refractivity contribution in [2.24, 2.45) is 5.73 Å². The van der Waals surface area contributed by atoms with Crippen LogP contribution in [0.1, 0.15) is 18.4 Å². The Morgan fingerprint density at radius 1 is 1.54 bits per heavy atom. The van der Waals surface area contributed by atoms with Gasteiger partial charge < -0.3 is 5.73 Å². The van der Waals surface area contributed by atoms with E-state index in [1.165, 1.54) is 16.4 Å². The number of rotatable bonds is 2. The topological polar surface area (TPSA) is 65.1 Å². The SMILES string of the molecule is CS(=O)(=O)n1ccc(C2(N)CC2)c1. The van der Waals surface area contributed by atoms with Gasteiger partial charge in [-0.1, -0.05) is 0 Å². The van der Waals surface area contributed by atoms with Crippen molar-refractivity contribution >= 4 is 10.0 Å². The molecule has 0 amide bonds. The normalized spacial score (nSPS) is 20.2. The van der Waals surface area contributed by atoms with Crippen LogP contribution >= 0.6 is 0 Å². The largest absolute Gasteiger partial charge is 0.321 e. The molecule has 4 nitrogen and oxygen atoms in total. The lowest BCUT2D eigenvalue weighted by atomic mass is 10.1. The molecule has 0 bridgehead atoms. The second-order valence-electron chi connectivity index (χ2n) is 3.65. The van der Waals surface area contributed by atoms with Gasteiger partial charge in [-0.15, -0.1) is 0 Å². The van der Waals surface area contributed by atoms with Gasteiger partial charge in [0.15, 0.2) is 0 Å². The van der Waals surface area contributed by atoms with E-state index in [1.54, 1.807) is 12.3 Å². The zero-order valence-electron chi connectivity index (χ0n) is 7.40. The van der Waals surface area contributed by atoms with Gasteiger partial charge in [0.05, 0.1) is 6.26 Å². The van der Waals surface area contributed by atoms with E-state index < -0.39 is 10.0 Å². The molecule has 2 N–H and O–H groups in total. The molecule has 0 aromatic carbocycles. The molecular weight excluding hydrogens is 188 g/mol. The van der Waals surface area contributed by atoms with E-state index in [-0.39, 0.29) is 5.54 Å². The average Bonchev–Trinajstić information content (AvgIpc) is 2.60. The monoisotopic (exact) mass is 200 g/mol. The van der Waals surface area contributed by atoms with Crippen LogP contribution in [-0.4, -0.2) is 18.6 Å². The first-order valence-corrected chi connectivity index (χ1v) is 5.95. The van der Waals surface area contributed by atoms with Gasteiger partial charge in [0.1, 0.15) is 0 Å². The summed E-state index contributed by atoms with van der Waals surface area (Å²) in [4.78, 5) is 0. The van der Waals surface area contributed by atoms with Gasteiger partial charge in [-0.2, -0.15) is 0 Å². The highest BCUT2D eigenvalue weighted by molar-refractivity contribution is 7.89. The highest BCUT2D eigenvalue weighted by atomic mass is 32.2. The molecule has 1 aliphatic rings. The van der Waals surface area contributed by atoms with E-state index in [9.17, 15) is 8.42 Å². The zero-order valence-corrected chi connectivity index (χ0v) is 8.21. The first-order valence-electron chi connectivity index (χ1n) is 4.10. The minimum Gasteiger partial charge on any atom is -0.321 e. The second-order valence-corrected chi connectivity index (χ2v) is 5.54. The van der Waals surface area contributed by atoms with Crippen molar-refractivity contribution in [2.75, 3.05) is 6.26 Å². The van der Waals surface area contributed by atoms with E-state index in [1.807, 2.05) is 0 Å². The molecule has 1 fully saturated rings. The van der Waals surface area contributed by atoms with Crippen LogP contribution in [0.4, 0.5) is 0 Å². The standard InChI is InChI=1S/C8H12N2O2S/c1-13(11,12)10-5-2-7(6-10)8(9)3-4-8/h2,5-6H,3-4,9H2,1H3. The fourth-order valence-corrected chi connectivity index (χ4v) is 1.89. The Morgan fingerprint density at radius 3 is 2.54 bits per heavy atom. The second kappa shape index (κ2) is 2.36. The maximum Gasteiger partial charge on any atom is 0.235 e. The fourth-order valence-electron chi connectivity index (χ4n) is 1.30. The number of hydrogen-bond donors (Lipinski definition) is 1. The number of hydrogen-bond acceptors (Lipinski definition) is 3. The van der Waals surface area contributed by atoms with Crippen molar-refractivity contribution in [3.05, 3.63) is 24.0 Å². The Morgan fingerprint density at radius 2 is 2.15 bits per heavy atom.